The van der Waals surface area contributed by atoms with Crippen molar-refractivity contribution in [2.24, 2.45) is 5.10 Å². The molecule has 3 rings (SSSR count). The predicted octanol–water partition coefficient (Wildman–Crippen LogP) is 2.32. The number of carbonyl (C=O) groups is 1. The van der Waals surface area contributed by atoms with Gasteiger partial charge in [-0.3, -0.25) is 4.79 Å². The van der Waals surface area contributed by atoms with Crippen LogP contribution in [0.25, 0.3) is 0 Å². The Morgan fingerprint density at radius 1 is 1.10 bits per heavy atom. The summed E-state index contributed by atoms with van der Waals surface area (Å²) in [5.41, 5.74) is 4.68. The van der Waals surface area contributed by atoms with E-state index in [1.807, 2.05) is 13.0 Å². The molecule has 0 saturated carbocycles. The van der Waals surface area contributed by atoms with Gasteiger partial charge in [-0.25, -0.2) is 13.8 Å². The van der Waals surface area contributed by atoms with Gasteiger partial charge in [-0.2, -0.15) is 9.41 Å². The number of hydrogen-bond acceptors (Lipinski definition) is 6. The van der Waals surface area contributed by atoms with Crippen molar-refractivity contribution in [3.8, 4) is 11.5 Å². The molecule has 0 bridgehead atoms. The minimum Gasteiger partial charge on any atom is -0.490 e. The van der Waals surface area contributed by atoms with E-state index in [1.54, 1.807) is 31.2 Å². The number of nitrogens with zero attached hydrogens (tertiary/aromatic N) is 2. The monoisotopic (exact) mass is 431 g/mol. The lowest BCUT2D eigenvalue weighted by Crippen LogP contribution is -2.36. The van der Waals surface area contributed by atoms with Gasteiger partial charge in [0.25, 0.3) is 5.91 Å². The smallest absolute Gasteiger partial charge is 0.255 e. The summed E-state index contributed by atoms with van der Waals surface area (Å²) in [6, 6.07) is 11.9. The van der Waals surface area contributed by atoms with E-state index in [0.29, 0.717) is 30.4 Å². The standard InChI is InChI=1S/C21H25N3O5S/c1-15-5-8-18(9-6-15)30(26,27)24(3)14-21(25)23-22-16(2)17-7-10-19-20(13-17)29-12-4-11-28-19/h5-10,13H,4,11-12,14H2,1-3H3,(H,23,25)/b22-16-. The molecule has 1 aliphatic rings. The van der Waals surface area contributed by atoms with Crippen LogP contribution in [0.4, 0.5) is 0 Å². The second-order valence-corrected chi connectivity index (χ2v) is 9.06. The molecule has 2 aromatic rings. The second kappa shape index (κ2) is 9.27. The number of hydrazone groups is 1. The molecule has 0 unspecified atom stereocenters. The fourth-order valence-corrected chi connectivity index (χ4v) is 3.94. The van der Waals surface area contributed by atoms with Crippen LogP contribution >= 0.6 is 0 Å². The highest BCUT2D eigenvalue weighted by Gasteiger charge is 2.22. The Hall–Kier alpha value is -2.91. The van der Waals surface area contributed by atoms with Crippen LogP contribution in [0.2, 0.25) is 0 Å². The first-order chi connectivity index (χ1) is 14.3. The van der Waals surface area contributed by atoms with Crippen LogP contribution in [-0.2, 0) is 14.8 Å². The zero-order valence-electron chi connectivity index (χ0n) is 17.2. The lowest BCUT2D eigenvalue weighted by molar-refractivity contribution is -0.121. The molecule has 0 spiro atoms. The average molecular weight is 432 g/mol. The molecular weight excluding hydrogens is 406 g/mol. The Kier molecular flexibility index (Phi) is 6.73. The van der Waals surface area contributed by atoms with E-state index in [4.69, 9.17) is 9.47 Å². The van der Waals surface area contributed by atoms with Crippen LogP contribution in [0, 0.1) is 6.92 Å². The zero-order valence-corrected chi connectivity index (χ0v) is 18.0. The third-order valence-electron chi connectivity index (χ3n) is 4.61. The van der Waals surface area contributed by atoms with Gasteiger partial charge in [0.05, 0.1) is 30.4 Å². The van der Waals surface area contributed by atoms with Gasteiger partial charge < -0.3 is 9.47 Å². The summed E-state index contributed by atoms with van der Waals surface area (Å²) in [6.45, 7) is 4.44. The van der Waals surface area contributed by atoms with Crippen LogP contribution in [0.5, 0.6) is 11.5 Å². The molecule has 0 aromatic heterocycles. The molecule has 2 aromatic carbocycles. The highest BCUT2D eigenvalue weighted by molar-refractivity contribution is 7.89. The van der Waals surface area contributed by atoms with E-state index in [2.05, 4.69) is 10.5 Å². The van der Waals surface area contributed by atoms with Crippen molar-refractivity contribution in [1.82, 2.24) is 9.73 Å². The molecule has 0 saturated heterocycles. The van der Waals surface area contributed by atoms with Gasteiger partial charge in [-0.05, 0) is 44.2 Å². The van der Waals surface area contributed by atoms with Crippen molar-refractivity contribution in [2.45, 2.75) is 25.2 Å². The Morgan fingerprint density at radius 3 is 2.47 bits per heavy atom. The van der Waals surface area contributed by atoms with E-state index in [-0.39, 0.29) is 11.4 Å². The summed E-state index contributed by atoms with van der Waals surface area (Å²) in [7, 11) is -2.41. The minimum absolute atomic E-state index is 0.135. The molecule has 0 radical (unpaired) electrons. The first-order valence-corrected chi connectivity index (χ1v) is 11.0. The van der Waals surface area contributed by atoms with Crippen molar-refractivity contribution in [3.05, 3.63) is 53.6 Å². The largest absolute Gasteiger partial charge is 0.490 e. The molecular formula is C21H25N3O5S. The molecule has 1 N–H and O–H groups in total. The normalized spacial score (nSPS) is 14.3. The Balaban J connectivity index is 1.63. The molecule has 1 amide bonds. The Labute approximate surface area is 176 Å². The molecule has 160 valence electrons. The van der Waals surface area contributed by atoms with Crippen molar-refractivity contribution < 1.29 is 22.7 Å². The number of likely N-dealkylation sites (N-methyl/N-ethyl adjacent to an activating group) is 1. The summed E-state index contributed by atoms with van der Waals surface area (Å²) in [4.78, 5) is 12.4. The number of ether oxygens (including phenoxy) is 2. The summed E-state index contributed by atoms with van der Waals surface area (Å²) >= 11 is 0. The van der Waals surface area contributed by atoms with Crippen LogP contribution in [0.15, 0.2) is 52.5 Å². The number of rotatable bonds is 6. The van der Waals surface area contributed by atoms with E-state index in [9.17, 15) is 13.2 Å². The Bertz CT molecular complexity index is 1050. The van der Waals surface area contributed by atoms with Gasteiger partial charge in [0.15, 0.2) is 11.5 Å². The minimum atomic E-state index is -3.76. The number of sulfonamides is 1. The second-order valence-electron chi connectivity index (χ2n) is 7.02. The van der Waals surface area contributed by atoms with Crippen molar-refractivity contribution in [3.63, 3.8) is 0 Å². The number of nitrogens with one attached hydrogen (secondary N) is 1. The quantitative estimate of drug-likeness (QED) is 0.559. The molecule has 1 aliphatic heterocycles. The summed E-state index contributed by atoms with van der Waals surface area (Å²) < 4.78 is 37.4. The highest BCUT2D eigenvalue weighted by Crippen LogP contribution is 2.30. The third-order valence-corrected chi connectivity index (χ3v) is 6.43. The van der Waals surface area contributed by atoms with Gasteiger partial charge in [0, 0.05) is 19.0 Å². The molecule has 8 nitrogen and oxygen atoms in total. The first kappa shape index (κ1) is 21.8. The topological polar surface area (TPSA) is 97.3 Å². The van der Waals surface area contributed by atoms with Crippen molar-refractivity contribution in [1.29, 1.82) is 0 Å². The number of hydrogen-bond donors (Lipinski definition) is 1. The summed E-state index contributed by atoms with van der Waals surface area (Å²) in [5, 5.41) is 4.09. The Morgan fingerprint density at radius 2 is 1.77 bits per heavy atom. The van der Waals surface area contributed by atoms with Crippen LogP contribution in [0.1, 0.15) is 24.5 Å². The molecule has 1 heterocycles. The third kappa shape index (κ3) is 5.17. The number of amides is 1. The number of benzene rings is 2. The summed E-state index contributed by atoms with van der Waals surface area (Å²) in [5.74, 6) is 0.771. The number of aryl methyl sites for hydroxylation is 1. The van der Waals surface area contributed by atoms with Crippen molar-refractivity contribution in [2.75, 3.05) is 26.8 Å². The van der Waals surface area contributed by atoms with Crippen LogP contribution < -0.4 is 14.9 Å². The van der Waals surface area contributed by atoms with Crippen molar-refractivity contribution >= 4 is 21.6 Å². The lowest BCUT2D eigenvalue weighted by atomic mass is 10.1. The maximum absolute atomic E-state index is 12.6. The van der Waals surface area contributed by atoms with E-state index in [1.165, 1.54) is 19.2 Å². The molecule has 0 fully saturated rings. The van der Waals surface area contributed by atoms with Gasteiger partial charge in [-0.1, -0.05) is 17.7 Å². The van der Waals surface area contributed by atoms with Gasteiger partial charge in [-0.15, -0.1) is 0 Å². The fourth-order valence-electron chi connectivity index (χ4n) is 2.81. The van der Waals surface area contributed by atoms with E-state index >= 15 is 0 Å². The lowest BCUT2D eigenvalue weighted by Gasteiger charge is -2.16. The average Bonchev–Trinajstić information content (AvgIpc) is 2.97. The maximum Gasteiger partial charge on any atom is 0.255 e. The van der Waals surface area contributed by atoms with Gasteiger partial charge in [0.2, 0.25) is 10.0 Å². The SMILES string of the molecule is C/C(=N/NC(=O)CN(C)S(=O)(=O)c1ccc(C)cc1)c1ccc2c(c1)OCCCO2. The predicted molar refractivity (Wildman–Crippen MR) is 113 cm³/mol. The molecule has 0 aliphatic carbocycles. The maximum atomic E-state index is 12.6. The number of carbonyl (C=O) groups excluding carboxylic acids is 1. The summed E-state index contributed by atoms with van der Waals surface area (Å²) in [6.07, 6.45) is 0.812. The van der Waals surface area contributed by atoms with E-state index in [0.717, 1.165) is 21.9 Å². The molecule has 30 heavy (non-hydrogen) atoms. The van der Waals surface area contributed by atoms with E-state index < -0.39 is 15.9 Å². The van der Waals surface area contributed by atoms with Gasteiger partial charge >= 0.3 is 0 Å². The fraction of sp³-hybridized carbons (Fsp3) is 0.333. The number of fused-ring (bicyclic) bond motifs is 1. The van der Waals surface area contributed by atoms with Crippen LogP contribution in [0.3, 0.4) is 0 Å². The highest BCUT2D eigenvalue weighted by atomic mass is 32.2. The molecule has 0 atom stereocenters. The van der Waals surface area contributed by atoms with Gasteiger partial charge in [0.1, 0.15) is 0 Å². The van der Waals surface area contributed by atoms with Crippen LogP contribution in [-0.4, -0.2) is 51.1 Å². The first-order valence-electron chi connectivity index (χ1n) is 9.53. The zero-order chi connectivity index (χ0) is 21.7. The molecule has 9 heteroatoms.